The maximum Gasteiger partial charge on any atom is 0.228 e. The van der Waals surface area contributed by atoms with Crippen LogP contribution in [0, 0.1) is 5.92 Å². The van der Waals surface area contributed by atoms with Crippen LogP contribution in [-0.4, -0.2) is 23.9 Å². The molecule has 0 bridgehead atoms. The number of carbonyl (C=O) groups excluding carboxylic acids is 1. The van der Waals surface area contributed by atoms with Crippen molar-refractivity contribution < 1.29 is 9.53 Å². The number of likely N-dealkylation sites (tertiary alicyclic amines) is 1. The standard InChI is InChI=1S/C25H26N2O2/c28-25(21-10-7-17-27(19-21)18-20-8-3-1-4-9-20)26-22-13-15-24(16-14-22)29-23-11-5-2-6-12-23/h1-6,8-9,11-16,21H,7,10,17-19H2,(H,26,28)/t21-/m1/s1. The van der Waals surface area contributed by atoms with E-state index in [1.807, 2.05) is 60.7 Å². The molecule has 4 nitrogen and oxygen atoms in total. The highest BCUT2D eigenvalue weighted by Crippen LogP contribution is 2.24. The van der Waals surface area contributed by atoms with Gasteiger partial charge in [0.25, 0.3) is 0 Å². The number of hydrogen-bond donors (Lipinski definition) is 1. The number of carbonyl (C=O) groups is 1. The third-order valence-corrected chi connectivity index (χ3v) is 5.23. The highest BCUT2D eigenvalue weighted by molar-refractivity contribution is 5.92. The van der Waals surface area contributed by atoms with E-state index >= 15 is 0 Å². The molecule has 1 atom stereocenters. The van der Waals surface area contributed by atoms with Crippen LogP contribution in [-0.2, 0) is 11.3 Å². The molecule has 0 aliphatic carbocycles. The van der Waals surface area contributed by atoms with Gasteiger partial charge in [-0.05, 0) is 61.3 Å². The molecular formula is C25H26N2O2. The average Bonchev–Trinajstić information content (AvgIpc) is 2.77. The largest absolute Gasteiger partial charge is 0.457 e. The van der Waals surface area contributed by atoms with Crippen LogP contribution in [0.25, 0.3) is 0 Å². The summed E-state index contributed by atoms with van der Waals surface area (Å²) >= 11 is 0. The minimum Gasteiger partial charge on any atom is -0.457 e. The van der Waals surface area contributed by atoms with E-state index in [1.165, 1.54) is 5.56 Å². The monoisotopic (exact) mass is 386 g/mol. The van der Waals surface area contributed by atoms with Gasteiger partial charge in [0.05, 0.1) is 5.92 Å². The normalized spacial score (nSPS) is 16.9. The van der Waals surface area contributed by atoms with Crippen LogP contribution in [0.5, 0.6) is 11.5 Å². The Bertz CT molecular complexity index is 911. The molecule has 3 aromatic carbocycles. The van der Waals surface area contributed by atoms with Crippen LogP contribution in [0.1, 0.15) is 18.4 Å². The van der Waals surface area contributed by atoms with Crippen molar-refractivity contribution in [1.82, 2.24) is 4.90 Å². The lowest BCUT2D eigenvalue weighted by atomic mass is 9.96. The molecule has 1 fully saturated rings. The number of benzene rings is 3. The number of para-hydroxylation sites is 1. The van der Waals surface area contributed by atoms with Gasteiger partial charge in [0.2, 0.25) is 5.91 Å². The third-order valence-electron chi connectivity index (χ3n) is 5.23. The van der Waals surface area contributed by atoms with Crippen LogP contribution in [0.3, 0.4) is 0 Å². The molecule has 0 saturated carbocycles. The van der Waals surface area contributed by atoms with Crippen molar-refractivity contribution in [1.29, 1.82) is 0 Å². The highest BCUT2D eigenvalue weighted by atomic mass is 16.5. The zero-order valence-electron chi connectivity index (χ0n) is 16.5. The molecule has 1 amide bonds. The van der Waals surface area contributed by atoms with Crippen LogP contribution in [0.2, 0.25) is 0 Å². The number of nitrogens with zero attached hydrogens (tertiary/aromatic N) is 1. The lowest BCUT2D eigenvalue weighted by Crippen LogP contribution is -2.40. The van der Waals surface area contributed by atoms with Crippen LogP contribution < -0.4 is 10.1 Å². The van der Waals surface area contributed by atoms with Crippen LogP contribution in [0.4, 0.5) is 5.69 Å². The summed E-state index contributed by atoms with van der Waals surface area (Å²) in [6.07, 6.45) is 1.99. The molecule has 0 spiro atoms. The summed E-state index contributed by atoms with van der Waals surface area (Å²) in [5.74, 6) is 1.66. The van der Waals surface area contributed by atoms with Gasteiger partial charge in [-0.15, -0.1) is 0 Å². The third kappa shape index (κ3) is 5.46. The van der Waals surface area contributed by atoms with E-state index in [0.717, 1.165) is 49.7 Å². The zero-order valence-corrected chi connectivity index (χ0v) is 16.5. The molecule has 4 heteroatoms. The fourth-order valence-electron chi connectivity index (χ4n) is 3.73. The first-order valence-electron chi connectivity index (χ1n) is 10.2. The molecule has 0 aromatic heterocycles. The SMILES string of the molecule is O=C(Nc1ccc(Oc2ccccc2)cc1)[C@@H]1CCCN(Cc2ccccc2)C1. The Kier molecular flexibility index (Phi) is 6.22. The summed E-state index contributed by atoms with van der Waals surface area (Å²) in [7, 11) is 0. The molecule has 1 aliphatic heterocycles. The van der Waals surface area contributed by atoms with Crippen molar-refractivity contribution in [2.24, 2.45) is 5.92 Å². The number of ether oxygens (including phenoxy) is 1. The summed E-state index contributed by atoms with van der Waals surface area (Å²) in [6.45, 7) is 2.75. The second-order valence-corrected chi connectivity index (χ2v) is 7.49. The highest BCUT2D eigenvalue weighted by Gasteiger charge is 2.25. The summed E-state index contributed by atoms with van der Waals surface area (Å²) in [5.41, 5.74) is 2.10. The van der Waals surface area contributed by atoms with Crippen molar-refractivity contribution in [3.63, 3.8) is 0 Å². The fourth-order valence-corrected chi connectivity index (χ4v) is 3.73. The maximum atomic E-state index is 12.8. The smallest absolute Gasteiger partial charge is 0.228 e. The van der Waals surface area contributed by atoms with Crippen molar-refractivity contribution >= 4 is 11.6 Å². The average molecular weight is 386 g/mol. The van der Waals surface area contributed by atoms with Gasteiger partial charge in [-0.25, -0.2) is 0 Å². The number of nitrogens with one attached hydrogen (secondary N) is 1. The number of piperidine rings is 1. The van der Waals surface area contributed by atoms with Gasteiger partial charge in [0.15, 0.2) is 0 Å². The van der Waals surface area contributed by atoms with Crippen LogP contribution >= 0.6 is 0 Å². The minimum absolute atomic E-state index is 0.0210. The number of rotatable bonds is 6. The first-order chi connectivity index (χ1) is 14.3. The van der Waals surface area contributed by atoms with Gasteiger partial charge in [-0.1, -0.05) is 48.5 Å². The molecule has 1 aliphatic rings. The second-order valence-electron chi connectivity index (χ2n) is 7.49. The van der Waals surface area contributed by atoms with Crippen molar-refractivity contribution in [3.8, 4) is 11.5 Å². The fraction of sp³-hybridized carbons (Fsp3) is 0.240. The predicted molar refractivity (Wildman–Crippen MR) is 116 cm³/mol. The molecule has 1 saturated heterocycles. The van der Waals surface area contributed by atoms with Gasteiger partial charge in [0, 0.05) is 18.8 Å². The molecule has 0 radical (unpaired) electrons. The lowest BCUT2D eigenvalue weighted by molar-refractivity contribution is -0.121. The molecule has 1 heterocycles. The Hall–Kier alpha value is -3.11. The van der Waals surface area contributed by atoms with Crippen molar-refractivity contribution in [3.05, 3.63) is 90.5 Å². The van der Waals surface area contributed by atoms with E-state index in [-0.39, 0.29) is 11.8 Å². The van der Waals surface area contributed by atoms with Gasteiger partial charge in [0.1, 0.15) is 11.5 Å². The first kappa shape index (κ1) is 19.2. The Balaban J connectivity index is 1.31. The Morgan fingerprint density at radius 1 is 0.897 bits per heavy atom. The second kappa shape index (κ2) is 9.39. The summed E-state index contributed by atoms with van der Waals surface area (Å²) < 4.78 is 5.81. The van der Waals surface area contributed by atoms with Gasteiger partial charge >= 0.3 is 0 Å². The molecule has 29 heavy (non-hydrogen) atoms. The summed E-state index contributed by atoms with van der Waals surface area (Å²) in [6, 6.07) is 27.7. The van der Waals surface area contributed by atoms with E-state index < -0.39 is 0 Å². The molecular weight excluding hydrogens is 360 g/mol. The Labute approximate surface area is 172 Å². The van der Waals surface area contributed by atoms with Crippen molar-refractivity contribution in [2.45, 2.75) is 19.4 Å². The van der Waals surface area contributed by atoms with Crippen LogP contribution in [0.15, 0.2) is 84.9 Å². The zero-order chi connectivity index (χ0) is 19.9. The minimum atomic E-state index is 0.0210. The number of hydrogen-bond acceptors (Lipinski definition) is 3. The quantitative estimate of drug-likeness (QED) is 0.623. The Morgan fingerprint density at radius 3 is 2.28 bits per heavy atom. The summed E-state index contributed by atoms with van der Waals surface area (Å²) in [5, 5.41) is 3.07. The molecule has 1 N–H and O–H groups in total. The molecule has 0 unspecified atom stereocenters. The van der Waals surface area contributed by atoms with E-state index in [0.29, 0.717) is 0 Å². The van der Waals surface area contributed by atoms with E-state index in [2.05, 4.69) is 34.5 Å². The van der Waals surface area contributed by atoms with E-state index in [4.69, 9.17) is 4.74 Å². The van der Waals surface area contributed by atoms with Gasteiger partial charge in [-0.2, -0.15) is 0 Å². The van der Waals surface area contributed by atoms with Crippen molar-refractivity contribution in [2.75, 3.05) is 18.4 Å². The molecule has 4 rings (SSSR count). The molecule has 148 valence electrons. The summed E-state index contributed by atoms with van der Waals surface area (Å²) in [4.78, 5) is 15.1. The number of amides is 1. The maximum absolute atomic E-state index is 12.8. The van der Waals surface area contributed by atoms with E-state index in [1.54, 1.807) is 0 Å². The molecule has 3 aromatic rings. The topological polar surface area (TPSA) is 41.6 Å². The predicted octanol–water partition coefficient (Wildman–Crippen LogP) is 5.33. The number of anilines is 1. The van der Waals surface area contributed by atoms with Gasteiger partial charge < -0.3 is 10.1 Å². The lowest BCUT2D eigenvalue weighted by Gasteiger charge is -2.32. The Morgan fingerprint density at radius 2 is 1.55 bits per heavy atom. The first-order valence-corrected chi connectivity index (χ1v) is 10.2. The van der Waals surface area contributed by atoms with E-state index in [9.17, 15) is 4.79 Å². The van der Waals surface area contributed by atoms with Gasteiger partial charge in [-0.3, -0.25) is 9.69 Å².